The first-order valence-electron chi connectivity index (χ1n) is 6.75. The Morgan fingerprint density at radius 1 is 1.29 bits per heavy atom. The van der Waals surface area contributed by atoms with Crippen molar-refractivity contribution >= 4 is 15.7 Å². The van der Waals surface area contributed by atoms with Crippen LogP contribution in [0.25, 0.3) is 0 Å². The number of hydrogen-bond acceptors (Lipinski definition) is 5. The van der Waals surface area contributed by atoms with E-state index in [1.165, 1.54) is 17.3 Å². The average Bonchev–Trinajstić information content (AvgIpc) is 2.45. The molecule has 0 spiro atoms. The molecule has 2 rings (SSSR count). The highest BCUT2D eigenvalue weighted by Gasteiger charge is 2.29. The largest absolute Gasteiger partial charge is 0.398 e. The standard InChI is InChI=1S/C13H20FN3O3S/c1-10-12(14)8-11(9-13(10)15)21(19,20)17-4-2-16(3-5-17)6-7-18/h8-9,18H,2-7,15H2,1H3. The Hall–Kier alpha value is -1.22. The molecule has 1 aliphatic rings. The highest BCUT2D eigenvalue weighted by molar-refractivity contribution is 7.89. The van der Waals surface area contributed by atoms with Gasteiger partial charge in [-0.15, -0.1) is 0 Å². The van der Waals surface area contributed by atoms with Crippen molar-refractivity contribution in [1.82, 2.24) is 9.21 Å². The second-order valence-electron chi connectivity index (χ2n) is 5.09. The molecule has 0 unspecified atom stereocenters. The van der Waals surface area contributed by atoms with Gasteiger partial charge in [0, 0.05) is 44.0 Å². The summed E-state index contributed by atoms with van der Waals surface area (Å²) >= 11 is 0. The minimum atomic E-state index is -3.74. The summed E-state index contributed by atoms with van der Waals surface area (Å²) in [6, 6.07) is 2.31. The number of aliphatic hydroxyl groups is 1. The van der Waals surface area contributed by atoms with E-state index in [1.807, 2.05) is 4.90 Å². The monoisotopic (exact) mass is 317 g/mol. The Kier molecular flexibility index (Phi) is 4.82. The van der Waals surface area contributed by atoms with Gasteiger partial charge in [-0.05, 0) is 19.1 Å². The summed E-state index contributed by atoms with van der Waals surface area (Å²) in [5, 5.41) is 8.88. The van der Waals surface area contributed by atoms with Crippen molar-refractivity contribution in [3.8, 4) is 0 Å². The summed E-state index contributed by atoms with van der Waals surface area (Å²) in [5.41, 5.74) is 6.03. The van der Waals surface area contributed by atoms with E-state index >= 15 is 0 Å². The lowest BCUT2D eigenvalue weighted by Crippen LogP contribution is -2.49. The quantitative estimate of drug-likeness (QED) is 0.764. The first kappa shape index (κ1) is 16.2. The van der Waals surface area contributed by atoms with Crippen LogP contribution in [0.1, 0.15) is 5.56 Å². The van der Waals surface area contributed by atoms with E-state index in [4.69, 9.17) is 10.8 Å². The molecular weight excluding hydrogens is 297 g/mol. The highest BCUT2D eigenvalue weighted by atomic mass is 32.2. The fraction of sp³-hybridized carbons (Fsp3) is 0.538. The number of hydrogen-bond donors (Lipinski definition) is 2. The molecule has 1 aromatic rings. The van der Waals surface area contributed by atoms with Gasteiger partial charge in [-0.2, -0.15) is 4.31 Å². The number of nitrogens with zero attached hydrogens (tertiary/aromatic N) is 2. The molecule has 3 N–H and O–H groups in total. The van der Waals surface area contributed by atoms with Crippen LogP contribution in [-0.2, 0) is 10.0 Å². The lowest BCUT2D eigenvalue weighted by atomic mass is 10.2. The van der Waals surface area contributed by atoms with E-state index in [0.717, 1.165) is 6.07 Å². The summed E-state index contributed by atoms with van der Waals surface area (Å²) in [7, 11) is -3.74. The van der Waals surface area contributed by atoms with Crippen molar-refractivity contribution in [1.29, 1.82) is 0 Å². The van der Waals surface area contributed by atoms with Crippen molar-refractivity contribution in [2.75, 3.05) is 45.1 Å². The van der Waals surface area contributed by atoms with E-state index < -0.39 is 15.8 Å². The molecule has 1 aliphatic heterocycles. The van der Waals surface area contributed by atoms with Crippen molar-refractivity contribution < 1.29 is 17.9 Å². The zero-order chi connectivity index (χ0) is 15.6. The summed E-state index contributed by atoms with van der Waals surface area (Å²) in [6.45, 7) is 3.81. The van der Waals surface area contributed by atoms with Gasteiger partial charge >= 0.3 is 0 Å². The Bertz CT molecular complexity index is 590. The SMILES string of the molecule is Cc1c(N)cc(S(=O)(=O)N2CCN(CCO)CC2)cc1F. The number of halogens is 1. The van der Waals surface area contributed by atoms with Crippen LogP contribution < -0.4 is 5.73 Å². The molecule has 21 heavy (non-hydrogen) atoms. The number of β-amino-alcohol motifs (C(OH)–C–C–N with tert-alkyl or cyclic N) is 1. The lowest BCUT2D eigenvalue weighted by molar-refractivity contribution is 0.151. The van der Waals surface area contributed by atoms with Crippen LogP contribution in [0.15, 0.2) is 17.0 Å². The lowest BCUT2D eigenvalue weighted by Gasteiger charge is -2.33. The number of rotatable bonds is 4. The minimum Gasteiger partial charge on any atom is -0.398 e. The molecule has 0 saturated carbocycles. The molecular formula is C13H20FN3O3S. The summed E-state index contributed by atoms with van der Waals surface area (Å²) in [6.07, 6.45) is 0. The maximum absolute atomic E-state index is 13.7. The van der Waals surface area contributed by atoms with Gasteiger partial charge in [0.2, 0.25) is 10.0 Å². The number of aliphatic hydroxyl groups excluding tert-OH is 1. The molecule has 8 heteroatoms. The fourth-order valence-electron chi connectivity index (χ4n) is 2.31. The van der Waals surface area contributed by atoms with Crippen LogP contribution in [0, 0.1) is 12.7 Å². The Morgan fingerprint density at radius 2 is 1.90 bits per heavy atom. The number of piperazine rings is 1. The van der Waals surface area contributed by atoms with Crippen LogP contribution in [0.4, 0.5) is 10.1 Å². The molecule has 0 bridgehead atoms. The Balaban J connectivity index is 2.20. The van der Waals surface area contributed by atoms with Crippen LogP contribution in [-0.4, -0.2) is 62.1 Å². The maximum atomic E-state index is 13.7. The predicted molar refractivity (Wildman–Crippen MR) is 77.8 cm³/mol. The van der Waals surface area contributed by atoms with Crippen LogP contribution >= 0.6 is 0 Å². The second-order valence-corrected chi connectivity index (χ2v) is 7.03. The van der Waals surface area contributed by atoms with Crippen LogP contribution in [0.5, 0.6) is 0 Å². The summed E-state index contributed by atoms with van der Waals surface area (Å²) in [4.78, 5) is 1.87. The first-order chi connectivity index (χ1) is 9.86. The molecule has 1 saturated heterocycles. The number of nitrogen functional groups attached to an aromatic ring is 1. The summed E-state index contributed by atoms with van der Waals surface area (Å²) in [5.74, 6) is -0.618. The molecule has 0 aliphatic carbocycles. The number of nitrogens with two attached hydrogens (primary N) is 1. The van der Waals surface area contributed by atoms with Crippen LogP contribution in [0.3, 0.4) is 0 Å². The van der Waals surface area contributed by atoms with Gasteiger partial charge in [0.25, 0.3) is 0 Å². The van der Waals surface area contributed by atoms with Crippen molar-refractivity contribution in [2.45, 2.75) is 11.8 Å². The normalized spacial score (nSPS) is 18.0. The van der Waals surface area contributed by atoms with Crippen molar-refractivity contribution in [3.63, 3.8) is 0 Å². The van der Waals surface area contributed by atoms with Crippen LogP contribution in [0.2, 0.25) is 0 Å². The zero-order valence-electron chi connectivity index (χ0n) is 11.9. The van der Waals surface area contributed by atoms with E-state index in [9.17, 15) is 12.8 Å². The van der Waals surface area contributed by atoms with Gasteiger partial charge in [-0.3, -0.25) is 4.90 Å². The van der Waals surface area contributed by atoms with Gasteiger partial charge < -0.3 is 10.8 Å². The molecule has 1 aromatic carbocycles. The third kappa shape index (κ3) is 3.34. The molecule has 1 fully saturated rings. The van der Waals surface area contributed by atoms with Gasteiger partial charge in [-0.1, -0.05) is 0 Å². The molecule has 0 amide bonds. The molecule has 0 aromatic heterocycles. The number of benzene rings is 1. The molecule has 0 atom stereocenters. The number of sulfonamides is 1. The highest BCUT2D eigenvalue weighted by Crippen LogP contribution is 2.24. The smallest absolute Gasteiger partial charge is 0.243 e. The molecule has 118 valence electrons. The summed E-state index contributed by atoms with van der Waals surface area (Å²) < 4.78 is 40.0. The zero-order valence-corrected chi connectivity index (χ0v) is 12.7. The van der Waals surface area contributed by atoms with E-state index in [1.54, 1.807) is 0 Å². The predicted octanol–water partition coefficient (Wildman–Crippen LogP) is 0.0149. The maximum Gasteiger partial charge on any atom is 0.243 e. The number of anilines is 1. The Morgan fingerprint density at radius 3 is 2.43 bits per heavy atom. The molecule has 6 nitrogen and oxygen atoms in total. The third-order valence-electron chi connectivity index (χ3n) is 3.74. The average molecular weight is 317 g/mol. The van der Waals surface area contributed by atoms with Crippen molar-refractivity contribution in [3.05, 3.63) is 23.5 Å². The van der Waals surface area contributed by atoms with E-state index in [-0.39, 0.29) is 22.8 Å². The Labute approximate surface area is 124 Å². The fourth-order valence-corrected chi connectivity index (χ4v) is 3.78. The molecule has 1 heterocycles. The third-order valence-corrected chi connectivity index (χ3v) is 5.62. The van der Waals surface area contributed by atoms with E-state index in [0.29, 0.717) is 32.7 Å². The topological polar surface area (TPSA) is 86.9 Å². The van der Waals surface area contributed by atoms with Crippen molar-refractivity contribution in [2.24, 2.45) is 0 Å². The first-order valence-corrected chi connectivity index (χ1v) is 8.19. The van der Waals surface area contributed by atoms with Gasteiger partial charge in [0.15, 0.2) is 0 Å². The van der Waals surface area contributed by atoms with Gasteiger partial charge in [0.1, 0.15) is 5.82 Å². The molecule has 0 radical (unpaired) electrons. The second kappa shape index (κ2) is 6.27. The van der Waals surface area contributed by atoms with Gasteiger partial charge in [0.05, 0.1) is 11.5 Å². The minimum absolute atomic E-state index is 0.0481. The van der Waals surface area contributed by atoms with Gasteiger partial charge in [-0.25, -0.2) is 12.8 Å². The van der Waals surface area contributed by atoms with E-state index in [2.05, 4.69) is 0 Å².